The van der Waals surface area contributed by atoms with E-state index >= 15 is 0 Å². The van der Waals surface area contributed by atoms with Crippen molar-refractivity contribution in [3.05, 3.63) is 34.6 Å². The highest BCUT2D eigenvalue weighted by atomic mass is 35.5. The van der Waals surface area contributed by atoms with Crippen LogP contribution < -0.4 is 0 Å². The zero-order valence-corrected chi connectivity index (χ0v) is 11.5. The normalized spacial score (nSPS) is 21.5. The molecule has 0 spiro atoms. The summed E-state index contributed by atoms with van der Waals surface area (Å²) in [6, 6.07) is 4.87. The number of hydrogen-bond donors (Lipinski definition) is 1. The first-order valence-electron chi connectivity index (χ1n) is 6.38. The molecule has 1 aliphatic rings. The third-order valence-corrected chi connectivity index (χ3v) is 4.04. The maximum Gasteiger partial charge on any atom is 0.303 e. The van der Waals surface area contributed by atoms with E-state index in [1.807, 2.05) is 6.92 Å². The van der Waals surface area contributed by atoms with Crippen LogP contribution in [0.1, 0.15) is 31.4 Å². The van der Waals surface area contributed by atoms with Crippen LogP contribution in [0, 0.1) is 11.7 Å². The number of aliphatic carboxylic acids is 1. The topological polar surface area (TPSA) is 40.5 Å². The molecule has 1 aromatic rings. The lowest BCUT2D eigenvalue weighted by Crippen LogP contribution is -2.25. The second-order valence-corrected chi connectivity index (χ2v) is 5.50. The van der Waals surface area contributed by atoms with Crippen molar-refractivity contribution in [3.8, 4) is 0 Å². The number of halogens is 2. The third kappa shape index (κ3) is 3.45. The molecule has 1 aromatic carbocycles. The first-order valence-corrected chi connectivity index (χ1v) is 6.76. The van der Waals surface area contributed by atoms with E-state index in [0.717, 1.165) is 25.1 Å². The summed E-state index contributed by atoms with van der Waals surface area (Å²) in [6.45, 7) is 3.67. The SMILES string of the molecule is CC(c1ccc(F)c(Cl)c1)N1CCC(CC(=O)O)C1. The van der Waals surface area contributed by atoms with Gasteiger partial charge in [-0.05, 0) is 43.5 Å². The Hall–Kier alpha value is -1.13. The van der Waals surface area contributed by atoms with Gasteiger partial charge in [-0.3, -0.25) is 9.69 Å². The summed E-state index contributed by atoms with van der Waals surface area (Å²) in [5.41, 5.74) is 0.961. The average Bonchev–Trinajstić information content (AvgIpc) is 2.79. The van der Waals surface area contributed by atoms with Crippen LogP contribution in [0.25, 0.3) is 0 Å². The number of nitrogens with zero attached hydrogens (tertiary/aromatic N) is 1. The van der Waals surface area contributed by atoms with Crippen LogP contribution in [0.5, 0.6) is 0 Å². The highest BCUT2D eigenvalue weighted by molar-refractivity contribution is 6.30. The highest BCUT2D eigenvalue weighted by Gasteiger charge is 2.28. The zero-order chi connectivity index (χ0) is 14.0. The van der Waals surface area contributed by atoms with Crippen molar-refractivity contribution >= 4 is 17.6 Å². The molecule has 1 N–H and O–H groups in total. The Morgan fingerprint density at radius 1 is 1.63 bits per heavy atom. The standard InChI is InChI=1S/C14H17ClFNO2/c1-9(11-2-3-13(16)12(15)7-11)17-5-4-10(8-17)6-14(18)19/h2-3,7,9-10H,4-6,8H2,1H3,(H,18,19). The molecular formula is C14H17ClFNO2. The second kappa shape index (κ2) is 5.88. The van der Waals surface area contributed by atoms with E-state index in [2.05, 4.69) is 4.90 Å². The number of hydrogen-bond acceptors (Lipinski definition) is 2. The van der Waals surface area contributed by atoms with Gasteiger partial charge in [0.15, 0.2) is 0 Å². The summed E-state index contributed by atoms with van der Waals surface area (Å²) >= 11 is 5.79. The van der Waals surface area contributed by atoms with Crippen molar-refractivity contribution in [2.45, 2.75) is 25.8 Å². The van der Waals surface area contributed by atoms with E-state index in [1.165, 1.54) is 6.07 Å². The first-order chi connectivity index (χ1) is 8.97. The molecule has 0 bridgehead atoms. The predicted molar refractivity (Wildman–Crippen MR) is 71.8 cm³/mol. The lowest BCUT2D eigenvalue weighted by molar-refractivity contribution is -0.138. The van der Waals surface area contributed by atoms with Gasteiger partial charge in [0, 0.05) is 19.0 Å². The number of likely N-dealkylation sites (tertiary alicyclic amines) is 1. The largest absolute Gasteiger partial charge is 0.481 e. The summed E-state index contributed by atoms with van der Waals surface area (Å²) in [5, 5.41) is 8.94. The number of carbonyl (C=O) groups is 1. The smallest absolute Gasteiger partial charge is 0.303 e. The molecule has 1 aliphatic heterocycles. The quantitative estimate of drug-likeness (QED) is 0.922. The Bertz CT molecular complexity index is 481. The van der Waals surface area contributed by atoms with Crippen molar-refractivity contribution in [1.82, 2.24) is 4.90 Å². The molecule has 0 amide bonds. The molecule has 0 aromatic heterocycles. The molecule has 3 nitrogen and oxygen atoms in total. The molecular weight excluding hydrogens is 269 g/mol. The third-order valence-electron chi connectivity index (χ3n) is 3.75. The number of carboxylic acid groups (broad SMARTS) is 1. The maximum atomic E-state index is 13.1. The van der Waals surface area contributed by atoms with E-state index in [0.29, 0.717) is 0 Å². The maximum absolute atomic E-state index is 13.1. The van der Waals surface area contributed by atoms with E-state index in [1.54, 1.807) is 12.1 Å². The van der Waals surface area contributed by atoms with Gasteiger partial charge >= 0.3 is 5.97 Å². The molecule has 2 atom stereocenters. The summed E-state index contributed by atoms with van der Waals surface area (Å²) in [4.78, 5) is 12.9. The Kier molecular flexibility index (Phi) is 4.42. The van der Waals surface area contributed by atoms with Crippen LogP contribution in [0.2, 0.25) is 5.02 Å². The Labute approximate surface area is 117 Å². The molecule has 104 valence electrons. The first kappa shape index (κ1) is 14.3. The fraction of sp³-hybridized carbons (Fsp3) is 0.500. The Morgan fingerprint density at radius 3 is 3.00 bits per heavy atom. The molecule has 19 heavy (non-hydrogen) atoms. The molecule has 0 aliphatic carbocycles. The molecule has 0 radical (unpaired) electrons. The van der Waals surface area contributed by atoms with Crippen molar-refractivity contribution in [2.75, 3.05) is 13.1 Å². The zero-order valence-electron chi connectivity index (χ0n) is 10.8. The number of benzene rings is 1. The fourth-order valence-corrected chi connectivity index (χ4v) is 2.80. The van der Waals surface area contributed by atoms with Gasteiger partial charge in [-0.1, -0.05) is 17.7 Å². The molecule has 1 heterocycles. The molecule has 1 fully saturated rings. The van der Waals surface area contributed by atoms with Crippen LogP contribution in [0.3, 0.4) is 0 Å². The predicted octanol–water partition coefficient (Wildman–Crippen LogP) is 3.34. The molecule has 2 rings (SSSR count). The van der Waals surface area contributed by atoms with E-state index < -0.39 is 11.8 Å². The van der Waals surface area contributed by atoms with Crippen LogP contribution in [-0.2, 0) is 4.79 Å². The van der Waals surface area contributed by atoms with Gasteiger partial charge in [0.2, 0.25) is 0 Å². The van der Waals surface area contributed by atoms with E-state index in [-0.39, 0.29) is 23.4 Å². The van der Waals surface area contributed by atoms with Gasteiger partial charge < -0.3 is 5.11 Å². The van der Waals surface area contributed by atoms with Crippen LogP contribution in [0.15, 0.2) is 18.2 Å². The monoisotopic (exact) mass is 285 g/mol. The minimum absolute atomic E-state index is 0.122. The average molecular weight is 286 g/mol. The lowest BCUT2D eigenvalue weighted by atomic mass is 10.0. The van der Waals surface area contributed by atoms with Crippen LogP contribution in [0.4, 0.5) is 4.39 Å². The van der Waals surface area contributed by atoms with Crippen LogP contribution >= 0.6 is 11.6 Å². The summed E-state index contributed by atoms with van der Waals surface area (Å²) in [6.07, 6.45) is 1.11. The van der Waals surface area contributed by atoms with Crippen molar-refractivity contribution in [1.29, 1.82) is 0 Å². The highest BCUT2D eigenvalue weighted by Crippen LogP contribution is 2.30. The summed E-state index contributed by atoms with van der Waals surface area (Å²) in [7, 11) is 0. The molecule has 1 saturated heterocycles. The van der Waals surface area contributed by atoms with Crippen LogP contribution in [-0.4, -0.2) is 29.1 Å². The number of rotatable bonds is 4. The van der Waals surface area contributed by atoms with Gasteiger partial charge in [-0.25, -0.2) is 4.39 Å². The van der Waals surface area contributed by atoms with E-state index in [9.17, 15) is 9.18 Å². The Morgan fingerprint density at radius 2 is 2.37 bits per heavy atom. The lowest BCUT2D eigenvalue weighted by Gasteiger charge is -2.24. The summed E-state index contributed by atoms with van der Waals surface area (Å²) in [5.74, 6) is -0.956. The van der Waals surface area contributed by atoms with Gasteiger partial charge in [-0.15, -0.1) is 0 Å². The second-order valence-electron chi connectivity index (χ2n) is 5.10. The molecule has 0 saturated carbocycles. The molecule has 5 heteroatoms. The number of carboxylic acids is 1. The van der Waals surface area contributed by atoms with E-state index in [4.69, 9.17) is 16.7 Å². The minimum Gasteiger partial charge on any atom is -0.481 e. The van der Waals surface area contributed by atoms with Gasteiger partial charge in [-0.2, -0.15) is 0 Å². The van der Waals surface area contributed by atoms with Crippen molar-refractivity contribution < 1.29 is 14.3 Å². The van der Waals surface area contributed by atoms with Crippen molar-refractivity contribution in [3.63, 3.8) is 0 Å². The summed E-state index contributed by atoms with van der Waals surface area (Å²) < 4.78 is 13.1. The Balaban J connectivity index is 2.02. The van der Waals surface area contributed by atoms with Gasteiger partial charge in [0.25, 0.3) is 0 Å². The van der Waals surface area contributed by atoms with Crippen molar-refractivity contribution in [2.24, 2.45) is 5.92 Å². The van der Waals surface area contributed by atoms with Gasteiger partial charge in [0.05, 0.1) is 5.02 Å². The fourth-order valence-electron chi connectivity index (χ4n) is 2.61. The van der Waals surface area contributed by atoms with Gasteiger partial charge in [0.1, 0.15) is 5.82 Å². The molecule has 2 unspecified atom stereocenters. The minimum atomic E-state index is -0.746.